The van der Waals surface area contributed by atoms with Gasteiger partial charge >= 0.3 is 0 Å². The van der Waals surface area contributed by atoms with E-state index in [-0.39, 0.29) is 28.9 Å². The van der Waals surface area contributed by atoms with Crippen LogP contribution in [-0.2, 0) is 23.1 Å². The SMILES string of the molecule is CN=C(NCc1ccc(S(=O)(=O)NC)cc1)NC1CCN(Cc2ccccc2)CC1.I. The summed E-state index contributed by atoms with van der Waals surface area (Å²) in [6, 6.07) is 17.8. The standard InChI is InChI=1S/C22H31N5O2S.HI/c1-23-22(25-16-18-8-10-21(11-9-18)30(28,29)24-2)26-20-12-14-27(15-13-20)17-19-6-4-3-5-7-19;/h3-11,20,24H,12-17H2,1-2H3,(H2,23,25,26);1H. The van der Waals surface area contributed by atoms with E-state index in [2.05, 4.69) is 55.6 Å². The molecule has 2 aromatic carbocycles. The molecule has 0 atom stereocenters. The summed E-state index contributed by atoms with van der Waals surface area (Å²) in [7, 11) is -0.229. The lowest BCUT2D eigenvalue weighted by Crippen LogP contribution is -2.48. The maximum Gasteiger partial charge on any atom is 0.240 e. The molecule has 170 valence electrons. The number of aliphatic imine (C=N–C) groups is 1. The van der Waals surface area contributed by atoms with Crippen LogP contribution in [0.5, 0.6) is 0 Å². The smallest absolute Gasteiger partial charge is 0.240 e. The van der Waals surface area contributed by atoms with Crippen molar-refractivity contribution in [2.75, 3.05) is 27.2 Å². The quantitative estimate of drug-likeness (QED) is 0.277. The molecule has 3 rings (SSSR count). The minimum atomic E-state index is -3.41. The van der Waals surface area contributed by atoms with Crippen molar-refractivity contribution in [1.29, 1.82) is 0 Å². The number of hydrogen-bond acceptors (Lipinski definition) is 4. The van der Waals surface area contributed by atoms with Crippen molar-refractivity contribution >= 4 is 40.0 Å². The van der Waals surface area contributed by atoms with Gasteiger partial charge in [-0.3, -0.25) is 9.89 Å². The highest BCUT2D eigenvalue weighted by molar-refractivity contribution is 14.0. The van der Waals surface area contributed by atoms with Crippen LogP contribution in [0.4, 0.5) is 0 Å². The fraction of sp³-hybridized carbons (Fsp3) is 0.409. The first-order valence-electron chi connectivity index (χ1n) is 10.3. The van der Waals surface area contributed by atoms with Crippen molar-refractivity contribution in [2.45, 2.75) is 36.9 Å². The summed E-state index contributed by atoms with van der Waals surface area (Å²) in [5.41, 5.74) is 2.35. The predicted octanol–water partition coefficient (Wildman–Crippen LogP) is 2.54. The molecule has 1 fully saturated rings. The lowest BCUT2D eigenvalue weighted by Gasteiger charge is -2.33. The number of nitrogens with zero attached hydrogens (tertiary/aromatic N) is 2. The molecule has 9 heteroatoms. The fourth-order valence-electron chi connectivity index (χ4n) is 3.56. The average molecular weight is 558 g/mol. The van der Waals surface area contributed by atoms with Crippen LogP contribution < -0.4 is 15.4 Å². The van der Waals surface area contributed by atoms with Gasteiger partial charge in [0.05, 0.1) is 4.90 Å². The first kappa shape index (κ1) is 25.6. The number of hydrogen-bond donors (Lipinski definition) is 3. The van der Waals surface area contributed by atoms with E-state index in [0.29, 0.717) is 12.6 Å². The second-order valence-electron chi connectivity index (χ2n) is 7.46. The maximum absolute atomic E-state index is 11.8. The van der Waals surface area contributed by atoms with Gasteiger partial charge < -0.3 is 10.6 Å². The number of benzene rings is 2. The summed E-state index contributed by atoms with van der Waals surface area (Å²) in [5, 5.41) is 6.83. The van der Waals surface area contributed by atoms with E-state index in [1.807, 2.05) is 12.1 Å². The van der Waals surface area contributed by atoms with Gasteiger partial charge in [0, 0.05) is 39.3 Å². The fourth-order valence-corrected chi connectivity index (χ4v) is 4.29. The lowest BCUT2D eigenvalue weighted by atomic mass is 10.0. The van der Waals surface area contributed by atoms with E-state index in [4.69, 9.17) is 0 Å². The van der Waals surface area contributed by atoms with E-state index in [1.54, 1.807) is 19.2 Å². The van der Waals surface area contributed by atoms with Gasteiger partial charge in [-0.25, -0.2) is 13.1 Å². The van der Waals surface area contributed by atoms with Gasteiger partial charge in [-0.1, -0.05) is 42.5 Å². The number of likely N-dealkylation sites (tertiary alicyclic amines) is 1. The van der Waals surface area contributed by atoms with Gasteiger partial charge in [-0.15, -0.1) is 24.0 Å². The molecule has 7 nitrogen and oxygen atoms in total. The van der Waals surface area contributed by atoms with Crippen molar-refractivity contribution in [3.05, 3.63) is 65.7 Å². The third kappa shape index (κ3) is 7.74. The molecule has 0 aromatic heterocycles. The van der Waals surface area contributed by atoms with Gasteiger partial charge in [0.25, 0.3) is 0 Å². The van der Waals surface area contributed by atoms with Crippen molar-refractivity contribution in [2.24, 2.45) is 4.99 Å². The topological polar surface area (TPSA) is 85.8 Å². The Balaban J connectivity index is 0.00000341. The summed E-state index contributed by atoms with van der Waals surface area (Å²) in [5.74, 6) is 0.767. The summed E-state index contributed by atoms with van der Waals surface area (Å²) < 4.78 is 25.9. The Morgan fingerprint density at radius 2 is 1.68 bits per heavy atom. The number of sulfonamides is 1. The monoisotopic (exact) mass is 557 g/mol. The molecule has 1 aliphatic rings. The van der Waals surface area contributed by atoms with Crippen LogP contribution in [0.1, 0.15) is 24.0 Å². The van der Waals surface area contributed by atoms with Gasteiger partial charge in [0.1, 0.15) is 0 Å². The molecular formula is C22H32IN5O2S. The summed E-state index contributed by atoms with van der Waals surface area (Å²) in [6.45, 7) is 3.70. The number of guanidine groups is 1. The second kappa shape index (κ2) is 12.4. The van der Waals surface area contributed by atoms with Crippen LogP contribution in [0, 0.1) is 0 Å². The van der Waals surface area contributed by atoms with Gasteiger partial charge in [-0.2, -0.15) is 0 Å². The largest absolute Gasteiger partial charge is 0.354 e. The zero-order valence-electron chi connectivity index (χ0n) is 18.0. The molecule has 0 unspecified atom stereocenters. The van der Waals surface area contributed by atoms with Gasteiger partial charge in [-0.05, 0) is 43.1 Å². The molecule has 1 saturated heterocycles. The van der Waals surface area contributed by atoms with Gasteiger partial charge in [0.15, 0.2) is 5.96 Å². The molecule has 31 heavy (non-hydrogen) atoms. The normalized spacial score (nSPS) is 15.9. The number of rotatable bonds is 7. The molecule has 1 aliphatic heterocycles. The van der Waals surface area contributed by atoms with E-state index >= 15 is 0 Å². The Morgan fingerprint density at radius 3 is 2.26 bits per heavy atom. The van der Waals surface area contributed by atoms with E-state index in [9.17, 15) is 8.42 Å². The maximum atomic E-state index is 11.8. The molecule has 1 heterocycles. The van der Waals surface area contributed by atoms with Crippen LogP contribution in [-0.4, -0.2) is 52.5 Å². The minimum absolute atomic E-state index is 0. The molecule has 0 radical (unpaired) electrons. The summed E-state index contributed by atoms with van der Waals surface area (Å²) >= 11 is 0. The highest BCUT2D eigenvalue weighted by Gasteiger charge is 2.20. The first-order chi connectivity index (χ1) is 14.5. The average Bonchev–Trinajstić information content (AvgIpc) is 2.78. The second-order valence-corrected chi connectivity index (χ2v) is 9.34. The summed E-state index contributed by atoms with van der Waals surface area (Å²) in [6.07, 6.45) is 2.15. The van der Waals surface area contributed by atoms with Crippen molar-refractivity contribution < 1.29 is 8.42 Å². The highest BCUT2D eigenvalue weighted by Crippen LogP contribution is 2.14. The Hall–Kier alpha value is -1.69. The number of nitrogens with one attached hydrogen (secondary N) is 3. The highest BCUT2D eigenvalue weighted by atomic mass is 127. The van der Waals surface area contributed by atoms with Crippen LogP contribution in [0.3, 0.4) is 0 Å². The molecule has 0 saturated carbocycles. The predicted molar refractivity (Wildman–Crippen MR) is 136 cm³/mol. The molecular weight excluding hydrogens is 525 g/mol. The summed E-state index contributed by atoms with van der Waals surface area (Å²) in [4.78, 5) is 7.08. The van der Waals surface area contributed by atoms with E-state index in [1.165, 1.54) is 12.6 Å². The molecule has 0 bridgehead atoms. The lowest BCUT2D eigenvalue weighted by molar-refractivity contribution is 0.198. The first-order valence-corrected chi connectivity index (χ1v) is 11.7. The third-order valence-electron chi connectivity index (χ3n) is 5.36. The Morgan fingerprint density at radius 1 is 1.03 bits per heavy atom. The Bertz CT molecular complexity index is 928. The Kier molecular flexibility index (Phi) is 10.2. The molecule has 2 aromatic rings. The Labute approximate surface area is 202 Å². The number of halogens is 1. The molecule has 0 aliphatic carbocycles. The van der Waals surface area contributed by atoms with Crippen LogP contribution >= 0.6 is 24.0 Å². The van der Waals surface area contributed by atoms with Crippen LogP contribution in [0.2, 0.25) is 0 Å². The zero-order valence-corrected chi connectivity index (χ0v) is 21.2. The van der Waals surface area contributed by atoms with Crippen LogP contribution in [0.25, 0.3) is 0 Å². The van der Waals surface area contributed by atoms with Crippen molar-refractivity contribution in [3.8, 4) is 0 Å². The number of piperidine rings is 1. The van der Waals surface area contributed by atoms with Crippen molar-refractivity contribution in [1.82, 2.24) is 20.3 Å². The van der Waals surface area contributed by atoms with E-state index < -0.39 is 10.0 Å². The third-order valence-corrected chi connectivity index (χ3v) is 6.79. The van der Waals surface area contributed by atoms with Gasteiger partial charge in [0.2, 0.25) is 10.0 Å². The van der Waals surface area contributed by atoms with Crippen molar-refractivity contribution in [3.63, 3.8) is 0 Å². The minimum Gasteiger partial charge on any atom is -0.354 e. The van der Waals surface area contributed by atoms with Crippen LogP contribution in [0.15, 0.2) is 64.5 Å². The molecule has 0 amide bonds. The van der Waals surface area contributed by atoms with E-state index in [0.717, 1.165) is 44.0 Å². The molecule has 0 spiro atoms. The molecule has 3 N–H and O–H groups in total. The zero-order chi connectivity index (χ0) is 21.4.